The molecule has 0 aliphatic carbocycles. The molecule has 0 saturated carbocycles. The average Bonchev–Trinajstić information content (AvgIpc) is 3.23. The number of carbonyl (C=O) groups excluding carboxylic acids is 1. The largest absolute Gasteiger partial charge is 0.355 e. The van der Waals surface area contributed by atoms with E-state index in [-0.39, 0.29) is 23.6 Å². The standard InChI is InChI=1S/C25H25FN4OS/c1-16(17-7-3-2-4-8-17)13-27-25(31)18-9-6-12-30(14-18)24-23-22(28-15-29-24)21-19(26)10-5-11-20(21)32-23/h2-5,7-8,10-11,15-16,18H,6,9,12-14H2,1H3,(H,27,31)/t16-,18-/m0/s1. The van der Waals surface area contributed by atoms with Gasteiger partial charge in [0, 0.05) is 24.3 Å². The molecule has 0 bridgehead atoms. The Hall–Kier alpha value is -3.06. The molecule has 0 spiro atoms. The molecule has 5 nitrogen and oxygen atoms in total. The number of fused-ring (bicyclic) bond motifs is 3. The monoisotopic (exact) mass is 448 g/mol. The highest BCUT2D eigenvalue weighted by atomic mass is 32.1. The Balaban J connectivity index is 1.33. The summed E-state index contributed by atoms with van der Waals surface area (Å²) in [4.78, 5) is 24.0. The number of anilines is 1. The molecule has 1 aliphatic rings. The van der Waals surface area contributed by atoms with Gasteiger partial charge in [0.2, 0.25) is 5.91 Å². The van der Waals surface area contributed by atoms with Crippen molar-refractivity contribution in [3.63, 3.8) is 0 Å². The maximum Gasteiger partial charge on any atom is 0.224 e. The van der Waals surface area contributed by atoms with E-state index in [0.29, 0.717) is 24.0 Å². The van der Waals surface area contributed by atoms with E-state index in [1.165, 1.54) is 29.3 Å². The van der Waals surface area contributed by atoms with Gasteiger partial charge in [-0.3, -0.25) is 4.79 Å². The van der Waals surface area contributed by atoms with Crippen LogP contribution < -0.4 is 10.2 Å². The number of benzene rings is 2. The van der Waals surface area contributed by atoms with Gasteiger partial charge in [0.05, 0.1) is 21.5 Å². The molecule has 3 heterocycles. The first-order valence-electron chi connectivity index (χ1n) is 11.0. The second kappa shape index (κ2) is 8.82. The zero-order valence-electron chi connectivity index (χ0n) is 17.9. The molecule has 4 aromatic rings. The average molecular weight is 449 g/mol. The molecule has 2 aromatic carbocycles. The maximum absolute atomic E-state index is 14.4. The van der Waals surface area contributed by atoms with E-state index in [4.69, 9.17) is 0 Å². The molecule has 1 fully saturated rings. The summed E-state index contributed by atoms with van der Waals surface area (Å²) in [6.07, 6.45) is 3.27. The minimum atomic E-state index is -0.262. The summed E-state index contributed by atoms with van der Waals surface area (Å²) in [5.74, 6) is 0.787. The lowest BCUT2D eigenvalue weighted by Gasteiger charge is -2.33. The van der Waals surface area contributed by atoms with Crippen molar-refractivity contribution >= 4 is 43.4 Å². The van der Waals surface area contributed by atoms with Crippen LogP contribution in [0.5, 0.6) is 0 Å². The number of nitrogens with zero attached hydrogens (tertiary/aromatic N) is 3. The van der Waals surface area contributed by atoms with Gasteiger partial charge in [-0.05, 0) is 36.5 Å². The van der Waals surface area contributed by atoms with E-state index in [9.17, 15) is 9.18 Å². The smallest absolute Gasteiger partial charge is 0.224 e. The van der Waals surface area contributed by atoms with Gasteiger partial charge >= 0.3 is 0 Å². The molecule has 2 atom stereocenters. The highest BCUT2D eigenvalue weighted by Crippen LogP contribution is 2.39. The lowest BCUT2D eigenvalue weighted by atomic mass is 9.96. The Morgan fingerprint density at radius 3 is 2.91 bits per heavy atom. The Morgan fingerprint density at radius 1 is 1.22 bits per heavy atom. The van der Waals surface area contributed by atoms with E-state index < -0.39 is 0 Å². The second-order valence-electron chi connectivity index (χ2n) is 8.43. The van der Waals surface area contributed by atoms with Crippen LogP contribution in [-0.2, 0) is 4.79 Å². The summed E-state index contributed by atoms with van der Waals surface area (Å²) in [7, 11) is 0. The maximum atomic E-state index is 14.4. The number of hydrogen-bond acceptors (Lipinski definition) is 5. The van der Waals surface area contributed by atoms with Crippen LogP contribution in [-0.4, -0.2) is 35.5 Å². The molecule has 7 heteroatoms. The molecule has 1 aliphatic heterocycles. The SMILES string of the molecule is C[C@@H](CNC(=O)[C@H]1CCCN(c2ncnc3c2sc2cccc(F)c23)C1)c1ccccc1. The lowest BCUT2D eigenvalue weighted by molar-refractivity contribution is -0.125. The van der Waals surface area contributed by atoms with Crippen LogP contribution in [0.1, 0.15) is 31.2 Å². The Labute approximate surface area is 190 Å². The number of amides is 1. The minimum absolute atomic E-state index is 0.0881. The van der Waals surface area contributed by atoms with Crippen molar-refractivity contribution in [3.8, 4) is 0 Å². The van der Waals surface area contributed by atoms with E-state index >= 15 is 0 Å². The zero-order chi connectivity index (χ0) is 22.1. The number of nitrogens with one attached hydrogen (secondary N) is 1. The summed E-state index contributed by atoms with van der Waals surface area (Å²) in [6.45, 7) is 4.18. The van der Waals surface area contributed by atoms with Crippen LogP contribution in [0.15, 0.2) is 54.9 Å². The first kappa shape index (κ1) is 20.8. The number of rotatable bonds is 5. The van der Waals surface area contributed by atoms with E-state index in [2.05, 4.69) is 39.2 Å². The van der Waals surface area contributed by atoms with Crippen LogP contribution in [0.2, 0.25) is 0 Å². The number of piperidine rings is 1. The molecule has 32 heavy (non-hydrogen) atoms. The summed E-state index contributed by atoms with van der Waals surface area (Å²) in [5, 5.41) is 3.70. The molecule has 0 radical (unpaired) electrons. The Kier molecular flexibility index (Phi) is 5.74. The van der Waals surface area contributed by atoms with Crippen LogP contribution in [0.25, 0.3) is 20.3 Å². The van der Waals surface area contributed by atoms with Gasteiger partial charge in [-0.25, -0.2) is 14.4 Å². The van der Waals surface area contributed by atoms with Gasteiger partial charge in [-0.1, -0.05) is 43.3 Å². The first-order chi connectivity index (χ1) is 15.6. The second-order valence-corrected chi connectivity index (χ2v) is 9.48. The summed E-state index contributed by atoms with van der Waals surface area (Å²) in [5.41, 5.74) is 1.87. The van der Waals surface area contributed by atoms with Gasteiger partial charge in [0.25, 0.3) is 0 Å². The molecule has 1 saturated heterocycles. The third-order valence-electron chi connectivity index (χ3n) is 6.25. The summed E-state index contributed by atoms with van der Waals surface area (Å²) in [6, 6.07) is 15.3. The predicted octanol–water partition coefficient (Wildman–Crippen LogP) is 5.12. The molecule has 0 unspecified atom stereocenters. The third-order valence-corrected chi connectivity index (χ3v) is 7.39. The van der Waals surface area contributed by atoms with Gasteiger partial charge in [0.1, 0.15) is 18.0 Å². The lowest BCUT2D eigenvalue weighted by Crippen LogP contribution is -2.44. The van der Waals surface area contributed by atoms with Crippen molar-refractivity contribution in [2.75, 3.05) is 24.5 Å². The van der Waals surface area contributed by atoms with Crippen molar-refractivity contribution in [3.05, 3.63) is 66.2 Å². The molecule has 5 rings (SSSR count). The summed E-state index contributed by atoms with van der Waals surface area (Å²) >= 11 is 1.51. The fraction of sp³-hybridized carbons (Fsp3) is 0.320. The number of carbonyl (C=O) groups is 1. The van der Waals surface area contributed by atoms with Crippen LogP contribution >= 0.6 is 11.3 Å². The fourth-order valence-electron chi connectivity index (χ4n) is 4.47. The van der Waals surface area contributed by atoms with Crippen molar-refractivity contribution < 1.29 is 9.18 Å². The Morgan fingerprint density at radius 2 is 2.06 bits per heavy atom. The molecule has 2 aromatic heterocycles. The zero-order valence-corrected chi connectivity index (χ0v) is 18.7. The third kappa shape index (κ3) is 3.93. The number of aromatic nitrogens is 2. The van der Waals surface area contributed by atoms with E-state index in [0.717, 1.165) is 34.6 Å². The fourth-order valence-corrected chi connectivity index (χ4v) is 5.66. The molecule has 1 amide bonds. The summed E-state index contributed by atoms with van der Waals surface area (Å²) < 4.78 is 16.2. The molecule has 164 valence electrons. The van der Waals surface area contributed by atoms with Gasteiger partial charge in [-0.15, -0.1) is 11.3 Å². The van der Waals surface area contributed by atoms with Crippen molar-refractivity contribution in [2.24, 2.45) is 5.92 Å². The predicted molar refractivity (Wildman–Crippen MR) is 128 cm³/mol. The normalized spacial score (nSPS) is 17.6. The number of thiophene rings is 1. The highest BCUT2D eigenvalue weighted by molar-refractivity contribution is 7.26. The quantitative estimate of drug-likeness (QED) is 0.460. The topological polar surface area (TPSA) is 58.1 Å². The van der Waals surface area contributed by atoms with Crippen LogP contribution in [0.4, 0.5) is 10.2 Å². The van der Waals surface area contributed by atoms with Crippen LogP contribution in [0, 0.1) is 11.7 Å². The minimum Gasteiger partial charge on any atom is -0.355 e. The van der Waals surface area contributed by atoms with E-state index in [1.807, 2.05) is 24.3 Å². The number of halogens is 1. The number of hydrogen-bond donors (Lipinski definition) is 1. The first-order valence-corrected chi connectivity index (χ1v) is 11.8. The van der Waals surface area contributed by atoms with Crippen LogP contribution in [0.3, 0.4) is 0 Å². The van der Waals surface area contributed by atoms with Crippen molar-refractivity contribution in [1.82, 2.24) is 15.3 Å². The molecular weight excluding hydrogens is 423 g/mol. The van der Waals surface area contributed by atoms with Gasteiger partial charge < -0.3 is 10.2 Å². The van der Waals surface area contributed by atoms with Crippen molar-refractivity contribution in [1.29, 1.82) is 0 Å². The van der Waals surface area contributed by atoms with Gasteiger partial charge in [-0.2, -0.15) is 0 Å². The molecular formula is C25H25FN4OS. The van der Waals surface area contributed by atoms with E-state index in [1.54, 1.807) is 6.07 Å². The highest BCUT2D eigenvalue weighted by Gasteiger charge is 2.28. The Bertz CT molecular complexity index is 1260. The van der Waals surface area contributed by atoms with Crippen molar-refractivity contribution in [2.45, 2.75) is 25.7 Å². The van der Waals surface area contributed by atoms with Gasteiger partial charge in [0.15, 0.2) is 0 Å². The molecule has 1 N–H and O–H groups in total.